The first-order valence-corrected chi connectivity index (χ1v) is 9.02. The van der Waals surface area contributed by atoms with Gasteiger partial charge >= 0.3 is 5.97 Å². The highest BCUT2D eigenvalue weighted by Crippen LogP contribution is 2.22. The zero-order valence-corrected chi connectivity index (χ0v) is 15.9. The second kappa shape index (κ2) is 8.59. The maximum absolute atomic E-state index is 12.4. The van der Waals surface area contributed by atoms with Crippen LogP contribution in [-0.4, -0.2) is 16.3 Å². The van der Waals surface area contributed by atoms with Crippen LogP contribution in [0.15, 0.2) is 54.9 Å². The Morgan fingerprint density at radius 1 is 1.25 bits per heavy atom. The highest BCUT2D eigenvalue weighted by Gasteiger charge is 2.19. The zero-order chi connectivity index (χ0) is 20.1. The number of ether oxygens (including phenoxy) is 1. The van der Waals surface area contributed by atoms with E-state index in [0.29, 0.717) is 16.1 Å². The number of nitriles is 1. The van der Waals surface area contributed by atoms with Gasteiger partial charge in [0.1, 0.15) is 12.7 Å². The van der Waals surface area contributed by atoms with E-state index in [2.05, 4.69) is 11.4 Å². The molecule has 0 aliphatic carbocycles. The molecule has 7 heteroatoms. The number of amides is 1. The third kappa shape index (κ3) is 4.51. The molecule has 0 aliphatic rings. The molecule has 1 amide bonds. The van der Waals surface area contributed by atoms with Crippen LogP contribution >= 0.6 is 11.6 Å². The molecule has 3 aromatic rings. The summed E-state index contributed by atoms with van der Waals surface area (Å²) in [7, 11) is 0. The van der Waals surface area contributed by atoms with Gasteiger partial charge in [0.25, 0.3) is 0 Å². The monoisotopic (exact) mass is 395 g/mol. The van der Waals surface area contributed by atoms with E-state index in [-0.39, 0.29) is 18.9 Å². The quantitative estimate of drug-likeness (QED) is 0.644. The number of carbonyl (C=O) groups is 2. The highest BCUT2D eigenvalue weighted by atomic mass is 35.5. The fraction of sp³-hybridized carbons (Fsp3) is 0.190. The summed E-state index contributed by atoms with van der Waals surface area (Å²) >= 11 is 5.90. The smallest absolute Gasteiger partial charge is 0.308 e. The molecule has 2 heterocycles. The van der Waals surface area contributed by atoms with Crippen molar-refractivity contribution >= 4 is 29.0 Å². The number of esters is 1. The van der Waals surface area contributed by atoms with E-state index in [1.165, 1.54) is 6.92 Å². The van der Waals surface area contributed by atoms with Crippen molar-refractivity contribution in [1.82, 2.24) is 9.72 Å². The molecule has 0 saturated carbocycles. The Bertz CT molecular complexity index is 1050. The fourth-order valence-corrected chi connectivity index (χ4v) is 3.12. The van der Waals surface area contributed by atoms with E-state index in [4.69, 9.17) is 16.3 Å². The summed E-state index contributed by atoms with van der Waals surface area (Å²) in [5, 5.41) is 12.7. The van der Waals surface area contributed by atoms with Gasteiger partial charge in [0.15, 0.2) is 0 Å². The van der Waals surface area contributed by atoms with Gasteiger partial charge in [-0.15, -0.1) is 0 Å². The Kier molecular flexibility index (Phi) is 5.97. The first kappa shape index (κ1) is 19.5. The van der Waals surface area contributed by atoms with E-state index >= 15 is 0 Å². The van der Waals surface area contributed by atoms with Gasteiger partial charge < -0.3 is 14.5 Å². The average Bonchev–Trinajstić information content (AvgIpc) is 3.03. The third-order valence-electron chi connectivity index (χ3n) is 4.28. The van der Waals surface area contributed by atoms with Gasteiger partial charge in [0.2, 0.25) is 5.91 Å². The Morgan fingerprint density at radius 2 is 2.00 bits per heavy atom. The molecule has 0 bridgehead atoms. The molecule has 2 aromatic heterocycles. The topological polar surface area (TPSA) is 83.6 Å². The van der Waals surface area contributed by atoms with E-state index in [1.54, 1.807) is 30.5 Å². The Hall–Kier alpha value is -3.30. The molecule has 142 valence electrons. The molecule has 3 rings (SSSR count). The molecule has 0 radical (unpaired) electrons. The summed E-state index contributed by atoms with van der Waals surface area (Å²) in [6.07, 6.45) is 3.57. The number of nitrogens with one attached hydrogen (secondary N) is 1. The van der Waals surface area contributed by atoms with Gasteiger partial charge in [0, 0.05) is 29.9 Å². The lowest BCUT2D eigenvalue weighted by Gasteiger charge is -2.17. The van der Waals surface area contributed by atoms with E-state index in [1.807, 2.05) is 28.8 Å². The van der Waals surface area contributed by atoms with Gasteiger partial charge in [-0.2, -0.15) is 5.26 Å². The van der Waals surface area contributed by atoms with Gasteiger partial charge in [-0.1, -0.05) is 29.8 Å². The van der Waals surface area contributed by atoms with Crippen LogP contribution in [0.4, 0.5) is 0 Å². The molecule has 0 spiro atoms. The lowest BCUT2D eigenvalue weighted by Crippen LogP contribution is -2.28. The molecule has 0 saturated heterocycles. The number of rotatable bonds is 6. The number of hydrogen-bond donors (Lipinski definition) is 1. The lowest BCUT2D eigenvalue weighted by atomic mass is 10.0. The summed E-state index contributed by atoms with van der Waals surface area (Å²) in [4.78, 5) is 23.9. The van der Waals surface area contributed by atoms with E-state index in [0.717, 1.165) is 11.1 Å². The normalized spacial score (nSPS) is 11.6. The van der Waals surface area contributed by atoms with Gasteiger partial charge in [-0.3, -0.25) is 9.59 Å². The maximum atomic E-state index is 12.4. The number of halogens is 1. The fourth-order valence-electron chi connectivity index (χ4n) is 2.99. The number of benzene rings is 1. The zero-order valence-electron chi connectivity index (χ0n) is 15.2. The number of nitrogens with zero attached hydrogens (tertiary/aromatic N) is 2. The van der Waals surface area contributed by atoms with Crippen molar-refractivity contribution in [2.45, 2.75) is 26.0 Å². The number of hydrogen-bond acceptors (Lipinski definition) is 4. The Labute approximate surface area is 167 Å². The van der Waals surface area contributed by atoms with Crippen LogP contribution in [0.3, 0.4) is 0 Å². The standard InChI is InChI=1S/C21H18ClN3O3/c1-14(26)24-19(15-5-7-17(22)8-6-15)10-21(27)28-13-16-12-25-9-3-2-4-20(25)18(16)11-23/h2-9,12,19H,10,13H2,1H3,(H,24,26)/t19-/m0/s1. The predicted molar refractivity (Wildman–Crippen MR) is 105 cm³/mol. The minimum absolute atomic E-state index is 0.0170. The first-order valence-electron chi connectivity index (χ1n) is 8.65. The van der Waals surface area contributed by atoms with Crippen molar-refractivity contribution < 1.29 is 14.3 Å². The van der Waals surface area contributed by atoms with Crippen molar-refractivity contribution in [3.63, 3.8) is 0 Å². The van der Waals surface area contributed by atoms with Gasteiger partial charge in [0.05, 0.1) is 23.5 Å². The lowest BCUT2D eigenvalue weighted by molar-refractivity contribution is -0.145. The third-order valence-corrected chi connectivity index (χ3v) is 4.54. The summed E-state index contributed by atoms with van der Waals surface area (Å²) in [5.74, 6) is -0.731. The molecule has 0 fully saturated rings. The van der Waals surface area contributed by atoms with Crippen LogP contribution in [0.2, 0.25) is 5.02 Å². The number of pyridine rings is 1. The molecule has 0 aliphatic heterocycles. The molecule has 28 heavy (non-hydrogen) atoms. The van der Waals surface area contributed by atoms with Crippen molar-refractivity contribution in [3.8, 4) is 6.07 Å². The highest BCUT2D eigenvalue weighted by molar-refractivity contribution is 6.30. The largest absolute Gasteiger partial charge is 0.461 e. The summed E-state index contributed by atoms with van der Waals surface area (Å²) in [6.45, 7) is 1.37. The molecule has 0 unspecified atom stereocenters. The van der Waals surface area contributed by atoms with Crippen LogP contribution in [-0.2, 0) is 20.9 Å². The summed E-state index contributed by atoms with van der Waals surface area (Å²) in [6, 6.07) is 14.1. The molecule has 6 nitrogen and oxygen atoms in total. The molecule has 1 N–H and O–H groups in total. The number of fused-ring (bicyclic) bond motifs is 1. The van der Waals surface area contributed by atoms with Crippen LogP contribution in [0.5, 0.6) is 0 Å². The first-order chi connectivity index (χ1) is 13.5. The minimum atomic E-state index is -0.522. The minimum Gasteiger partial charge on any atom is -0.461 e. The van der Waals surface area contributed by atoms with Gasteiger partial charge in [-0.25, -0.2) is 0 Å². The second-order valence-corrected chi connectivity index (χ2v) is 6.74. The van der Waals surface area contributed by atoms with Crippen LogP contribution < -0.4 is 5.32 Å². The molecular formula is C21H18ClN3O3. The van der Waals surface area contributed by atoms with Gasteiger partial charge in [-0.05, 0) is 29.8 Å². The Morgan fingerprint density at radius 3 is 2.68 bits per heavy atom. The van der Waals surface area contributed by atoms with Crippen LogP contribution in [0.25, 0.3) is 5.52 Å². The SMILES string of the molecule is CC(=O)N[C@@H](CC(=O)OCc1cn2ccccc2c1C#N)c1ccc(Cl)cc1. The average molecular weight is 396 g/mol. The summed E-state index contributed by atoms with van der Waals surface area (Å²) < 4.78 is 7.19. The van der Waals surface area contributed by atoms with Crippen molar-refractivity contribution in [3.05, 3.63) is 76.6 Å². The molecule has 1 aromatic carbocycles. The van der Waals surface area contributed by atoms with Crippen molar-refractivity contribution in [2.75, 3.05) is 0 Å². The maximum Gasteiger partial charge on any atom is 0.308 e. The van der Waals surface area contributed by atoms with E-state index in [9.17, 15) is 14.9 Å². The van der Waals surface area contributed by atoms with Crippen LogP contribution in [0.1, 0.15) is 36.1 Å². The van der Waals surface area contributed by atoms with Crippen molar-refractivity contribution in [2.24, 2.45) is 0 Å². The molecular weight excluding hydrogens is 378 g/mol. The molecule has 1 atom stereocenters. The van der Waals surface area contributed by atoms with Crippen LogP contribution in [0, 0.1) is 11.3 Å². The second-order valence-electron chi connectivity index (χ2n) is 6.30. The van der Waals surface area contributed by atoms with E-state index < -0.39 is 12.0 Å². The van der Waals surface area contributed by atoms with Crippen molar-refractivity contribution in [1.29, 1.82) is 5.26 Å². The number of carbonyl (C=O) groups excluding carboxylic acids is 2. The predicted octanol–water partition coefficient (Wildman–Crippen LogP) is 3.78. The number of aromatic nitrogens is 1. The summed E-state index contributed by atoms with van der Waals surface area (Å²) in [5.41, 5.74) is 2.62. The Balaban J connectivity index is 1.70.